The fraction of sp³-hybridized carbons (Fsp3) is 0. The van der Waals surface area contributed by atoms with Gasteiger partial charge in [-0.1, -0.05) is 0 Å². The molecule has 24 valence electrons. The molecule has 0 atom stereocenters. The number of hydrogen-bond donors (Lipinski definition) is 3. The molecule has 0 radical (unpaired) electrons. The molecule has 5 heteroatoms. The first kappa shape index (κ1) is 9.13. The van der Waals surface area contributed by atoms with Crippen LogP contribution >= 0.6 is 0 Å². The predicted octanol–water partition coefficient (Wildman–Crippen LogP) is -2.05. The molecule has 0 aromatic carbocycles. The van der Waals surface area contributed by atoms with Crippen LogP contribution in [0.5, 0.6) is 0 Å². The molecule has 0 aliphatic carbocycles. The molecule has 0 heterocycles. The first-order chi connectivity index (χ1) is 1.73. The van der Waals surface area contributed by atoms with Gasteiger partial charge in [-0.3, -0.25) is 0 Å². The maximum absolute atomic E-state index is 7.17. The van der Waals surface area contributed by atoms with Gasteiger partial charge >= 0.3 is 26.8 Å². The standard InChI is InChI=1S/BH3O3.Zn/c2-1(3)4;/h2-4H;/q;+2. The van der Waals surface area contributed by atoms with Crippen molar-refractivity contribution < 1.29 is 34.6 Å². The zero-order chi connectivity index (χ0) is 3.58. The summed E-state index contributed by atoms with van der Waals surface area (Å²) in [5.41, 5.74) is 0. The molecular weight excluding hydrogens is 124 g/mol. The van der Waals surface area contributed by atoms with Gasteiger partial charge in [-0.05, 0) is 0 Å². The summed E-state index contributed by atoms with van der Waals surface area (Å²) in [6.45, 7) is 0. The van der Waals surface area contributed by atoms with Crippen molar-refractivity contribution in [3.63, 3.8) is 0 Å². The van der Waals surface area contributed by atoms with Crippen molar-refractivity contribution in [2.24, 2.45) is 0 Å². The van der Waals surface area contributed by atoms with E-state index in [1.807, 2.05) is 0 Å². The van der Waals surface area contributed by atoms with Gasteiger partial charge in [0.05, 0.1) is 0 Å². The number of rotatable bonds is 0. The molecule has 0 aromatic heterocycles. The van der Waals surface area contributed by atoms with Crippen LogP contribution in [0, 0.1) is 0 Å². The van der Waals surface area contributed by atoms with E-state index < -0.39 is 7.32 Å². The van der Waals surface area contributed by atoms with E-state index in [2.05, 4.69) is 0 Å². The SMILES string of the molecule is OB(O)O.[Zn+2]. The van der Waals surface area contributed by atoms with Gasteiger partial charge < -0.3 is 15.1 Å². The molecule has 3 nitrogen and oxygen atoms in total. The average molecular weight is 127 g/mol. The Labute approximate surface area is 42.6 Å². The van der Waals surface area contributed by atoms with Crippen molar-refractivity contribution >= 4 is 7.32 Å². The van der Waals surface area contributed by atoms with Gasteiger partial charge in [0.15, 0.2) is 0 Å². The van der Waals surface area contributed by atoms with Crippen molar-refractivity contribution in [2.45, 2.75) is 0 Å². The normalized spacial score (nSPS) is 5.40. The monoisotopic (exact) mass is 126 g/mol. The summed E-state index contributed by atoms with van der Waals surface area (Å²) < 4.78 is 0. The fourth-order valence-corrected chi connectivity index (χ4v) is 0. The van der Waals surface area contributed by atoms with E-state index in [1.165, 1.54) is 0 Å². The zero-order valence-electron chi connectivity index (χ0n) is 2.63. The Kier molecular flexibility index (Phi) is 8.34. The van der Waals surface area contributed by atoms with Crippen molar-refractivity contribution in [2.75, 3.05) is 0 Å². The smallest absolute Gasteiger partial charge is 0.402 e. The largest absolute Gasteiger partial charge is 2.00 e. The zero-order valence-corrected chi connectivity index (χ0v) is 5.59. The van der Waals surface area contributed by atoms with E-state index >= 15 is 0 Å². The minimum absolute atomic E-state index is 0. The molecule has 5 heavy (non-hydrogen) atoms. The molecule has 0 amide bonds. The summed E-state index contributed by atoms with van der Waals surface area (Å²) in [5.74, 6) is 0. The first-order valence-electron chi connectivity index (χ1n) is 0.775. The van der Waals surface area contributed by atoms with Crippen LogP contribution in [0.15, 0.2) is 0 Å². The summed E-state index contributed by atoms with van der Waals surface area (Å²) in [4.78, 5) is 0. The first-order valence-corrected chi connectivity index (χ1v) is 0.775. The minimum atomic E-state index is -2.17. The van der Waals surface area contributed by atoms with E-state index in [0.717, 1.165) is 0 Å². The van der Waals surface area contributed by atoms with E-state index in [-0.39, 0.29) is 19.5 Å². The van der Waals surface area contributed by atoms with Gasteiger partial charge in [0.25, 0.3) is 0 Å². The molecule has 0 unspecified atom stereocenters. The average Bonchev–Trinajstić information content (AvgIpc) is 0.811. The second-order valence-corrected chi connectivity index (χ2v) is 0.346. The van der Waals surface area contributed by atoms with Gasteiger partial charge in [0.1, 0.15) is 0 Å². The summed E-state index contributed by atoms with van der Waals surface area (Å²) >= 11 is 0. The van der Waals surface area contributed by atoms with Crippen molar-refractivity contribution in [3.05, 3.63) is 0 Å². The van der Waals surface area contributed by atoms with Crippen molar-refractivity contribution in [1.29, 1.82) is 0 Å². The van der Waals surface area contributed by atoms with E-state index in [0.29, 0.717) is 0 Å². The predicted molar refractivity (Wildman–Crippen MR) is 12.4 cm³/mol. The van der Waals surface area contributed by atoms with Gasteiger partial charge in [-0.25, -0.2) is 0 Å². The third-order valence-corrected chi connectivity index (χ3v) is 0. The van der Waals surface area contributed by atoms with Crippen molar-refractivity contribution in [3.8, 4) is 0 Å². The van der Waals surface area contributed by atoms with Crippen LogP contribution in [0.4, 0.5) is 0 Å². The Balaban J connectivity index is 0. The number of hydrogen-bond acceptors (Lipinski definition) is 3. The quantitative estimate of drug-likeness (QED) is 0.328. The molecular formula is H3BO3Zn+2. The summed E-state index contributed by atoms with van der Waals surface area (Å²) in [7, 11) is -2.17. The molecule has 3 N–H and O–H groups in total. The molecule has 0 fully saturated rings. The molecule has 0 saturated heterocycles. The minimum Gasteiger partial charge on any atom is -0.402 e. The summed E-state index contributed by atoms with van der Waals surface area (Å²) in [5, 5.41) is 21.5. The molecule has 0 aliphatic rings. The Morgan fingerprint density at radius 1 is 1.00 bits per heavy atom. The molecule has 0 aliphatic heterocycles. The fourth-order valence-electron chi connectivity index (χ4n) is 0. The van der Waals surface area contributed by atoms with E-state index in [1.54, 1.807) is 0 Å². The Morgan fingerprint density at radius 2 is 1.00 bits per heavy atom. The maximum atomic E-state index is 7.17. The van der Waals surface area contributed by atoms with Crippen LogP contribution in [-0.2, 0) is 19.5 Å². The summed E-state index contributed by atoms with van der Waals surface area (Å²) in [6.07, 6.45) is 0. The van der Waals surface area contributed by atoms with Crippen LogP contribution in [-0.4, -0.2) is 22.4 Å². The van der Waals surface area contributed by atoms with Crippen LogP contribution in [0.3, 0.4) is 0 Å². The third kappa shape index (κ3) is 93.3. The summed E-state index contributed by atoms with van der Waals surface area (Å²) in [6, 6.07) is 0. The molecule has 0 rings (SSSR count). The molecule has 0 aromatic rings. The molecule has 0 bridgehead atoms. The van der Waals surface area contributed by atoms with Crippen LogP contribution in [0.25, 0.3) is 0 Å². The maximum Gasteiger partial charge on any atom is 2.00 e. The van der Waals surface area contributed by atoms with Crippen molar-refractivity contribution in [1.82, 2.24) is 0 Å². The second-order valence-electron chi connectivity index (χ2n) is 0.346. The molecule has 0 spiro atoms. The molecule has 0 saturated carbocycles. The Hall–Kier alpha value is 0.568. The van der Waals surface area contributed by atoms with Gasteiger partial charge in [0.2, 0.25) is 0 Å². The Bertz CT molecular complexity index is 11.6. The topological polar surface area (TPSA) is 60.7 Å². The Morgan fingerprint density at radius 3 is 1.00 bits per heavy atom. The van der Waals surface area contributed by atoms with E-state index in [4.69, 9.17) is 15.1 Å². The van der Waals surface area contributed by atoms with Gasteiger partial charge in [0, 0.05) is 0 Å². The van der Waals surface area contributed by atoms with E-state index in [9.17, 15) is 0 Å². The third-order valence-electron chi connectivity index (χ3n) is 0. The van der Waals surface area contributed by atoms with Crippen LogP contribution < -0.4 is 0 Å². The van der Waals surface area contributed by atoms with Gasteiger partial charge in [-0.2, -0.15) is 0 Å². The second kappa shape index (κ2) is 4.57. The van der Waals surface area contributed by atoms with Crippen LogP contribution in [0.1, 0.15) is 0 Å². The van der Waals surface area contributed by atoms with Gasteiger partial charge in [-0.15, -0.1) is 0 Å². The van der Waals surface area contributed by atoms with Crippen LogP contribution in [0.2, 0.25) is 0 Å².